The van der Waals surface area contributed by atoms with Crippen molar-refractivity contribution in [2.45, 2.75) is 12.3 Å². The van der Waals surface area contributed by atoms with Gasteiger partial charge in [0.25, 0.3) is 5.56 Å². The minimum Gasteiger partial charge on any atom is -0.460 e. The Morgan fingerprint density at radius 2 is 1.03 bits per heavy atom. The first-order valence-corrected chi connectivity index (χ1v) is 23.1. The molecule has 1 atom stereocenters. The van der Waals surface area contributed by atoms with Crippen LogP contribution < -0.4 is 10.5 Å². The second-order valence-corrected chi connectivity index (χ2v) is 14.9. The predicted molar refractivity (Wildman–Crippen MR) is 245 cm³/mol. The number of anilines is 1. The lowest BCUT2D eigenvalue weighted by molar-refractivity contribution is -0.151. The molecule has 1 amide bonds. The summed E-state index contributed by atoms with van der Waals surface area (Å²) in [5.74, 6) is -0.663. The van der Waals surface area contributed by atoms with Crippen molar-refractivity contribution in [1.82, 2.24) is 4.98 Å². The first-order chi connectivity index (χ1) is 34.2. The van der Waals surface area contributed by atoms with Gasteiger partial charge < -0.3 is 76.0 Å². The third kappa shape index (κ3) is 24.2. The number of fused-ring (bicyclic) bond motifs is 1. The molecular formula is C47H67F3N2O18. The van der Waals surface area contributed by atoms with Crippen LogP contribution in [0, 0.1) is 0 Å². The minimum atomic E-state index is -4.62. The molecule has 1 aliphatic heterocycles. The van der Waals surface area contributed by atoms with E-state index in [1.165, 1.54) is 41.3 Å². The molecule has 23 heteroatoms. The highest BCUT2D eigenvalue weighted by Crippen LogP contribution is 2.37. The summed E-state index contributed by atoms with van der Waals surface area (Å²) in [7, 11) is 1.63. The van der Waals surface area contributed by atoms with Crippen LogP contribution in [0.2, 0.25) is 0 Å². The van der Waals surface area contributed by atoms with Crippen LogP contribution in [0.3, 0.4) is 0 Å². The molecule has 4 rings (SSSR count). The molecule has 0 saturated carbocycles. The average molecular weight is 1010 g/mol. The van der Waals surface area contributed by atoms with Crippen molar-refractivity contribution in [3.63, 3.8) is 0 Å². The lowest BCUT2D eigenvalue weighted by Crippen LogP contribution is -2.27. The molecule has 1 aromatic heterocycles. The number of methoxy groups -OCH3 is 1. The number of ether oxygens (including phenoxy) is 15. The first-order valence-electron chi connectivity index (χ1n) is 23.1. The fourth-order valence-corrected chi connectivity index (χ4v) is 6.29. The molecule has 2 aromatic carbocycles. The second-order valence-electron chi connectivity index (χ2n) is 14.9. The van der Waals surface area contributed by atoms with E-state index in [1.54, 1.807) is 13.2 Å². The molecule has 1 N–H and O–H groups in total. The number of aromatic nitrogens is 1. The van der Waals surface area contributed by atoms with Gasteiger partial charge >= 0.3 is 18.2 Å². The zero-order chi connectivity index (χ0) is 49.9. The number of carbonyl (C=O) groups is 2. The Morgan fingerprint density at radius 1 is 0.600 bits per heavy atom. The van der Waals surface area contributed by atoms with Gasteiger partial charge in [-0.15, -0.1) is 0 Å². The Labute approximate surface area is 405 Å². The Hall–Kier alpha value is -4.34. The number of cyclic esters (lactones) is 1. The van der Waals surface area contributed by atoms with Crippen molar-refractivity contribution >= 4 is 28.5 Å². The van der Waals surface area contributed by atoms with Gasteiger partial charge in [-0.1, -0.05) is 24.3 Å². The standard InChI is InChI=1S/C47H67F3N2O18/c1-56-8-9-57-10-11-58-12-13-59-14-15-60-16-17-61-18-19-62-20-21-63-22-23-64-24-25-65-26-27-66-28-29-67-30-31-68-36-44(53)69-35-39-34-52(46(55)70-39)38-7-6-37-32-43(51-45(54)41(37)33-38)40-4-2-3-5-42(40)47(48,49)50/h2-7,32-33,39H,8-31,34-36H2,1H3,(H,51,54)/t39-/m0/s1. The van der Waals surface area contributed by atoms with Crippen molar-refractivity contribution in [3.05, 3.63) is 64.4 Å². The topological polar surface area (TPSA) is 209 Å². The molecule has 1 saturated heterocycles. The molecule has 394 valence electrons. The zero-order valence-corrected chi connectivity index (χ0v) is 39.7. The monoisotopic (exact) mass is 1000 g/mol. The summed E-state index contributed by atoms with van der Waals surface area (Å²) in [5.41, 5.74) is -1.35. The molecule has 0 radical (unpaired) electrons. The van der Waals surface area contributed by atoms with E-state index in [-0.39, 0.29) is 49.6 Å². The number of esters is 1. The number of alkyl halides is 3. The lowest BCUT2D eigenvalue weighted by atomic mass is 10.0. The summed E-state index contributed by atoms with van der Waals surface area (Å²) in [5, 5.41) is 0.538. The largest absolute Gasteiger partial charge is 0.460 e. The van der Waals surface area contributed by atoms with E-state index in [4.69, 9.17) is 71.1 Å². The number of H-pyrrole nitrogens is 1. The van der Waals surface area contributed by atoms with Gasteiger partial charge in [-0.3, -0.25) is 9.69 Å². The van der Waals surface area contributed by atoms with Crippen molar-refractivity contribution in [2.75, 3.05) is 190 Å². The molecular weight excluding hydrogens is 938 g/mol. The Balaban J connectivity index is 0.863. The van der Waals surface area contributed by atoms with Crippen LogP contribution in [0.15, 0.2) is 53.3 Å². The molecule has 70 heavy (non-hydrogen) atoms. The summed E-state index contributed by atoms with van der Waals surface area (Å²) in [4.78, 5) is 41.6. The van der Waals surface area contributed by atoms with Crippen LogP contribution in [0.5, 0.6) is 0 Å². The van der Waals surface area contributed by atoms with E-state index in [0.717, 1.165) is 6.07 Å². The molecule has 1 fully saturated rings. The number of pyridine rings is 1. The van der Waals surface area contributed by atoms with Crippen LogP contribution in [0.4, 0.5) is 23.7 Å². The van der Waals surface area contributed by atoms with Crippen LogP contribution >= 0.6 is 0 Å². The number of aromatic amines is 1. The van der Waals surface area contributed by atoms with Crippen molar-refractivity contribution in [3.8, 4) is 11.3 Å². The van der Waals surface area contributed by atoms with Crippen molar-refractivity contribution in [2.24, 2.45) is 0 Å². The molecule has 2 heterocycles. The molecule has 1 aliphatic rings. The molecule has 0 aliphatic carbocycles. The molecule has 0 spiro atoms. The van der Waals surface area contributed by atoms with Crippen LogP contribution in [0.25, 0.3) is 22.0 Å². The summed E-state index contributed by atoms with van der Waals surface area (Å²) in [6.45, 7) is 10.0. The average Bonchev–Trinajstić information content (AvgIpc) is 3.73. The van der Waals surface area contributed by atoms with E-state index in [0.29, 0.717) is 156 Å². The van der Waals surface area contributed by atoms with E-state index >= 15 is 0 Å². The van der Waals surface area contributed by atoms with Crippen LogP contribution in [-0.4, -0.2) is 209 Å². The minimum absolute atomic E-state index is 0.00432. The number of benzene rings is 2. The Bertz CT molecular complexity index is 1940. The predicted octanol–water partition coefficient (Wildman–Crippen LogP) is 3.93. The number of nitrogens with one attached hydrogen (secondary N) is 1. The second kappa shape index (κ2) is 35.7. The lowest BCUT2D eigenvalue weighted by Gasteiger charge is -2.15. The quantitative estimate of drug-likeness (QED) is 0.0630. The van der Waals surface area contributed by atoms with Gasteiger partial charge in [0.1, 0.15) is 13.2 Å². The van der Waals surface area contributed by atoms with E-state index in [9.17, 15) is 27.6 Å². The van der Waals surface area contributed by atoms with Crippen LogP contribution in [-0.2, 0) is 82.0 Å². The summed E-state index contributed by atoms with van der Waals surface area (Å²) >= 11 is 0. The summed E-state index contributed by atoms with van der Waals surface area (Å²) in [6.07, 6.45) is -6.12. The highest BCUT2D eigenvalue weighted by atomic mass is 19.4. The third-order valence-electron chi connectivity index (χ3n) is 9.71. The van der Waals surface area contributed by atoms with Crippen molar-refractivity contribution < 1.29 is 93.8 Å². The SMILES string of the molecule is COCCOCCOCCOCCOCCOCCOCCOCCOCCOCCOCCOCCOCC(=O)OC[C@@H]1CN(c2ccc3cc(-c4ccccc4C(F)(F)F)[nH]c(=O)c3c2)C(=O)O1. The van der Waals surface area contributed by atoms with Gasteiger partial charge in [-0.25, -0.2) is 9.59 Å². The Kier molecular flexibility index (Phi) is 29.7. The number of hydrogen-bond donors (Lipinski definition) is 1. The van der Waals surface area contributed by atoms with Gasteiger partial charge in [0.15, 0.2) is 6.10 Å². The fourth-order valence-electron chi connectivity index (χ4n) is 6.29. The number of nitrogens with zero attached hydrogens (tertiary/aromatic N) is 1. The normalized spacial score (nSPS) is 14.0. The van der Waals surface area contributed by atoms with Crippen LogP contribution in [0.1, 0.15) is 5.56 Å². The first kappa shape index (κ1) is 58.2. The fraction of sp³-hybridized carbons (Fsp3) is 0.638. The van der Waals surface area contributed by atoms with Gasteiger partial charge in [0.05, 0.1) is 171 Å². The highest BCUT2D eigenvalue weighted by Gasteiger charge is 2.35. The van der Waals surface area contributed by atoms with E-state index in [2.05, 4.69) is 4.98 Å². The molecule has 0 unspecified atom stereocenters. The molecule has 0 bridgehead atoms. The Morgan fingerprint density at radius 3 is 1.47 bits per heavy atom. The van der Waals surface area contributed by atoms with E-state index in [1.807, 2.05) is 0 Å². The zero-order valence-electron chi connectivity index (χ0n) is 39.7. The van der Waals surface area contributed by atoms with Gasteiger partial charge in [0.2, 0.25) is 0 Å². The van der Waals surface area contributed by atoms with E-state index < -0.39 is 35.5 Å². The van der Waals surface area contributed by atoms with Crippen molar-refractivity contribution in [1.29, 1.82) is 0 Å². The van der Waals surface area contributed by atoms with Gasteiger partial charge in [-0.05, 0) is 29.7 Å². The summed E-state index contributed by atoms with van der Waals surface area (Å²) < 4.78 is 121. The number of halogens is 3. The maximum atomic E-state index is 13.6. The molecule has 3 aromatic rings. The smallest absolute Gasteiger partial charge is 0.417 e. The van der Waals surface area contributed by atoms with Gasteiger partial charge in [-0.2, -0.15) is 13.2 Å². The van der Waals surface area contributed by atoms with Gasteiger partial charge in [0, 0.05) is 29.4 Å². The summed E-state index contributed by atoms with van der Waals surface area (Å²) in [6, 6.07) is 10.9. The highest BCUT2D eigenvalue weighted by molar-refractivity contribution is 5.95. The third-order valence-corrected chi connectivity index (χ3v) is 9.71. The molecule has 20 nitrogen and oxygen atoms in total. The maximum Gasteiger partial charge on any atom is 0.417 e. The number of amides is 1. The number of carbonyl (C=O) groups excluding carboxylic acids is 2. The number of rotatable bonds is 42. The number of hydrogen-bond acceptors (Lipinski definition) is 18. The maximum absolute atomic E-state index is 13.6.